The Balaban J connectivity index is 0.000000423. The summed E-state index contributed by atoms with van der Waals surface area (Å²) < 4.78 is 5.04. The van der Waals surface area contributed by atoms with Crippen molar-refractivity contribution in [3.05, 3.63) is 35.9 Å². The Morgan fingerprint density at radius 1 is 0.762 bits per heavy atom. The number of hydrogen-bond acceptors (Lipinski definition) is 1. The van der Waals surface area contributed by atoms with Crippen molar-refractivity contribution in [1.29, 1.82) is 0 Å². The fourth-order valence-electron chi connectivity index (χ4n) is 2.23. The SMILES string of the molecule is CCC[CH2][Sn+]([CH2]CCC)[CH2]CCC.[S-]Cc1ccccc1. The molecule has 0 aliphatic rings. The second kappa shape index (κ2) is 16.7. The summed E-state index contributed by atoms with van der Waals surface area (Å²) >= 11 is 3.98. The van der Waals surface area contributed by atoms with Gasteiger partial charge in [-0.25, -0.2) is 0 Å². The van der Waals surface area contributed by atoms with Gasteiger partial charge in [-0.1, -0.05) is 35.9 Å². The number of benzene rings is 1. The van der Waals surface area contributed by atoms with Crippen LogP contribution in [0.25, 0.3) is 0 Å². The molecule has 0 aliphatic heterocycles. The van der Waals surface area contributed by atoms with E-state index in [9.17, 15) is 0 Å². The van der Waals surface area contributed by atoms with Crippen molar-refractivity contribution in [2.45, 2.75) is 78.4 Å². The van der Waals surface area contributed by atoms with Gasteiger partial charge in [-0.15, -0.1) is 0 Å². The molecule has 2 heteroatoms. The van der Waals surface area contributed by atoms with Crippen LogP contribution in [0.4, 0.5) is 0 Å². The normalized spacial score (nSPS) is 9.90. The molecule has 0 saturated heterocycles. The van der Waals surface area contributed by atoms with E-state index in [0.29, 0.717) is 0 Å². The Morgan fingerprint density at radius 2 is 1.19 bits per heavy atom. The molecule has 0 aliphatic carbocycles. The molecule has 1 aromatic rings. The van der Waals surface area contributed by atoms with Crippen LogP contribution >= 0.6 is 0 Å². The van der Waals surface area contributed by atoms with E-state index in [0.717, 1.165) is 5.75 Å². The summed E-state index contributed by atoms with van der Waals surface area (Å²) in [5.74, 6) is 0.723. The van der Waals surface area contributed by atoms with E-state index >= 15 is 0 Å². The maximum Gasteiger partial charge on any atom is -0.0610 e. The zero-order chi connectivity index (χ0) is 15.8. The molecule has 0 atom stereocenters. The van der Waals surface area contributed by atoms with Crippen LogP contribution in [0.2, 0.25) is 13.3 Å². The third-order valence-corrected chi connectivity index (χ3v) is 13.1. The molecule has 0 N–H and O–H groups in total. The average Bonchev–Trinajstić information content (AvgIpc) is 2.55. The van der Waals surface area contributed by atoms with Crippen molar-refractivity contribution in [3.8, 4) is 0 Å². The van der Waals surface area contributed by atoms with Crippen LogP contribution in [0.5, 0.6) is 0 Å². The fourth-order valence-corrected chi connectivity index (χ4v) is 11.9. The number of unbranched alkanes of at least 4 members (excludes halogenated alkanes) is 3. The van der Waals surface area contributed by atoms with E-state index in [1.807, 2.05) is 30.3 Å². The Morgan fingerprint density at radius 3 is 1.48 bits per heavy atom. The molecular weight excluding hydrogens is 379 g/mol. The van der Waals surface area contributed by atoms with Gasteiger partial charge in [0.05, 0.1) is 0 Å². The molecule has 0 saturated carbocycles. The van der Waals surface area contributed by atoms with Crippen LogP contribution < -0.4 is 0 Å². The van der Waals surface area contributed by atoms with Gasteiger partial charge in [0.25, 0.3) is 0 Å². The zero-order valence-corrected chi connectivity index (χ0v) is 18.0. The van der Waals surface area contributed by atoms with E-state index in [1.165, 1.54) is 44.1 Å². The van der Waals surface area contributed by atoms with Crippen molar-refractivity contribution in [3.63, 3.8) is 0 Å². The van der Waals surface area contributed by atoms with E-state index in [2.05, 4.69) is 20.8 Å². The third kappa shape index (κ3) is 13.7. The average molecular weight is 413 g/mol. The largest absolute Gasteiger partial charge is 0.788 e. The van der Waals surface area contributed by atoms with Crippen LogP contribution in [0.3, 0.4) is 0 Å². The van der Waals surface area contributed by atoms with Gasteiger partial charge in [0.1, 0.15) is 0 Å². The monoisotopic (exact) mass is 414 g/mol. The summed E-state index contributed by atoms with van der Waals surface area (Å²) in [6.07, 6.45) is 8.85. The topological polar surface area (TPSA) is 0 Å². The molecule has 1 rings (SSSR count). The van der Waals surface area contributed by atoms with Gasteiger partial charge in [-0.05, 0) is 0 Å². The summed E-state index contributed by atoms with van der Waals surface area (Å²) in [6.45, 7) is 7.00. The van der Waals surface area contributed by atoms with Gasteiger partial charge < -0.3 is 12.6 Å². The Hall–Kier alpha value is 0.369. The quantitative estimate of drug-likeness (QED) is 0.307. The number of hydrogen-bond donors (Lipinski definition) is 0. The molecule has 0 radical (unpaired) electrons. The minimum atomic E-state index is -0.839. The predicted octanol–water partition coefficient (Wildman–Crippen LogP) is 6.62. The van der Waals surface area contributed by atoms with Crippen molar-refractivity contribution in [1.82, 2.24) is 0 Å². The molecule has 120 valence electrons. The molecule has 0 aromatic heterocycles. The van der Waals surface area contributed by atoms with Crippen LogP contribution in [0, 0.1) is 0 Å². The van der Waals surface area contributed by atoms with Gasteiger partial charge in [0.2, 0.25) is 0 Å². The second-order valence-corrected chi connectivity index (χ2v) is 14.5. The Labute approximate surface area is 146 Å². The van der Waals surface area contributed by atoms with Crippen LogP contribution in [-0.2, 0) is 18.4 Å². The summed E-state index contributed by atoms with van der Waals surface area (Å²) in [5, 5.41) is 0. The second-order valence-electron chi connectivity index (χ2n) is 5.69. The van der Waals surface area contributed by atoms with Crippen molar-refractivity contribution >= 4 is 32.4 Å². The Bertz CT molecular complexity index is 281. The molecule has 0 fully saturated rings. The van der Waals surface area contributed by atoms with Gasteiger partial charge >= 0.3 is 92.4 Å². The summed E-state index contributed by atoms with van der Waals surface area (Å²) in [7, 11) is 0. The predicted molar refractivity (Wildman–Crippen MR) is 102 cm³/mol. The molecule has 0 nitrogen and oxygen atoms in total. The first-order valence-electron chi connectivity index (χ1n) is 8.73. The molecule has 21 heavy (non-hydrogen) atoms. The first-order chi connectivity index (χ1) is 10.3. The molecule has 1 aromatic carbocycles. The van der Waals surface area contributed by atoms with E-state index in [4.69, 9.17) is 12.6 Å². The minimum Gasteiger partial charge on any atom is -0.788 e. The van der Waals surface area contributed by atoms with E-state index in [-0.39, 0.29) is 0 Å². The molecule has 0 spiro atoms. The van der Waals surface area contributed by atoms with Gasteiger partial charge in [0.15, 0.2) is 0 Å². The molecule has 0 heterocycles. The first kappa shape index (κ1) is 21.4. The third-order valence-electron chi connectivity index (χ3n) is 3.66. The van der Waals surface area contributed by atoms with Gasteiger partial charge in [-0.2, -0.15) is 5.75 Å². The molecule has 0 bridgehead atoms. The first-order valence-corrected chi connectivity index (χ1v) is 15.4. The van der Waals surface area contributed by atoms with Crippen LogP contribution in [-0.4, -0.2) is 19.8 Å². The smallest absolute Gasteiger partial charge is 0.0610 e. The van der Waals surface area contributed by atoms with Crippen molar-refractivity contribution < 1.29 is 0 Å². The Kier molecular flexibility index (Phi) is 17.0. The zero-order valence-electron chi connectivity index (χ0n) is 14.4. The molecule has 0 unspecified atom stereocenters. The molecular formula is C19H34SSn. The van der Waals surface area contributed by atoms with Crippen molar-refractivity contribution in [2.75, 3.05) is 0 Å². The van der Waals surface area contributed by atoms with Crippen LogP contribution in [0.15, 0.2) is 30.3 Å². The maximum atomic E-state index is 4.82. The number of rotatable bonds is 10. The van der Waals surface area contributed by atoms with Crippen LogP contribution in [0.1, 0.15) is 64.9 Å². The van der Waals surface area contributed by atoms with Gasteiger partial charge in [0, 0.05) is 0 Å². The maximum absolute atomic E-state index is 4.82. The van der Waals surface area contributed by atoms with E-state index < -0.39 is 19.8 Å². The van der Waals surface area contributed by atoms with Crippen molar-refractivity contribution in [2.24, 2.45) is 0 Å². The standard InChI is InChI=1S/C7H8S.3C4H9.Sn/c8-6-7-4-2-1-3-5-7;3*1-3-4-2;/h1-5,8H,6H2;3*1,3-4H2,2H3;/q;;;;+1/p-1. The van der Waals surface area contributed by atoms with Gasteiger partial charge in [-0.3, -0.25) is 0 Å². The summed E-state index contributed by atoms with van der Waals surface area (Å²) in [4.78, 5) is 0. The fraction of sp³-hybridized carbons (Fsp3) is 0.684. The summed E-state index contributed by atoms with van der Waals surface area (Å²) in [5.41, 5.74) is 1.22. The minimum absolute atomic E-state index is 0.723. The van der Waals surface area contributed by atoms with E-state index in [1.54, 1.807) is 13.3 Å². The molecule has 0 amide bonds. The summed E-state index contributed by atoms with van der Waals surface area (Å²) in [6, 6.07) is 10.1.